The van der Waals surface area contributed by atoms with E-state index in [1.165, 1.54) is 0 Å². The van der Waals surface area contributed by atoms with Crippen LogP contribution in [0.3, 0.4) is 0 Å². The van der Waals surface area contributed by atoms with E-state index in [2.05, 4.69) is 0 Å². The van der Waals surface area contributed by atoms with E-state index in [1.54, 1.807) is 0 Å². The quantitative estimate of drug-likeness (QED) is 0.128. The molecule has 0 fully saturated rings. The smallest absolute Gasteiger partial charge is 0.461 e. The summed E-state index contributed by atoms with van der Waals surface area (Å²) in [6, 6.07) is 0. The Bertz CT molecular complexity index is 443. The minimum atomic E-state index is -3.94. The van der Waals surface area contributed by atoms with Crippen LogP contribution in [0.1, 0.15) is 39.5 Å². The predicted molar refractivity (Wildman–Crippen MR) is 107 cm³/mol. The number of esters is 1. The number of aliphatic hydroxyl groups excluding tert-OH is 3. The Balaban J connectivity index is 4.35. The minimum Gasteiger partial charge on any atom is -0.461 e. The number of aliphatic hydroxyl groups is 3. The number of hydrogen-bond donors (Lipinski definition) is 3. The van der Waals surface area contributed by atoms with Crippen LogP contribution in [0.5, 0.6) is 0 Å². The van der Waals surface area contributed by atoms with Crippen molar-refractivity contribution in [1.29, 1.82) is 0 Å². The van der Waals surface area contributed by atoms with E-state index in [1.807, 2.05) is 13.8 Å². The summed E-state index contributed by atoms with van der Waals surface area (Å²) in [5.41, 5.74) is 0. The van der Waals surface area contributed by atoms with E-state index in [-0.39, 0.29) is 39.6 Å². The van der Waals surface area contributed by atoms with Gasteiger partial charge in [0.1, 0.15) is 12.7 Å². The van der Waals surface area contributed by atoms with Crippen LogP contribution in [0, 0.1) is 0 Å². The summed E-state index contributed by atoms with van der Waals surface area (Å²) in [6.07, 6.45) is 0.245. The van der Waals surface area contributed by atoms with E-state index in [0.29, 0.717) is 13.2 Å². The first kappa shape index (κ1) is 29.4. The van der Waals surface area contributed by atoms with E-state index < -0.39 is 32.6 Å². The predicted octanol–water partition coefficient (Wildman–Crippen LogP) is 1.03. The maximum absolute atomic E-state index is 12.7. The Morgan fingerprint density at radius 1 is 0.800 bits per heavy atom. The fourth-order valence-electron chi connectivity index (χ4n) is 1.86. The molecule has 0 aliphatic carbocycles. The van der Waals surface area contributed by atoms with Crippen LogP contribution in [0.15, 0.2) is 0 Å². The van der Waals surface area contributed by atoms with Gasteiger partial charge < -0.3 is 29.5 Å². The first-order chi connectivity index (χ1) is 14.4. The lowest BCUT2D eigenvalue weighted by molar-refractivity contribution is -0.162. The molecule has 0 aromatic heterocycles. The second kappa shape index (κ2) is 19.1. The van der Waals surface area contributed by atoms with E-state index in [9.17, 15) is 19.6 Å². The molecule has 0 aromatic rings. The van der Waals surface area contributed by atoms with Crippen molar-refractivity contribution in [3.05, 3.63) is 0 Å². The van der Waals surface area contributed by atoms with Crippen LogP contribution in [-0.2, 0) is 37.1 Å². The van der Waals surface area contributed by atoms with Gasteiger partial charge >= 0.3 is 13.8 Å². The summed E-state index contributed by atoms with van der Waals surface area (Å²) in [7, 11) is -3.94. The van der Waals surface area contributed by atoms with Gasteiger partial charge in [-0.15, -0.1) is 0 Å². The molecular formula is C18H37O11P. The van der Waals surface area contributed by atoms with Gasteiger partial charge in [0.2, 0.25) is 0 Å². The number of phosphoric ester groups is 1. The van der Waals surface area contributed by atoms with Crippen molar-refractivity contribution in [3.63, 3.8) is 0 Å². The van der Waals surface area contributed by atoms with Gasteiger partial charge in [0, 0.05) is 13.2 Å². The summed E-state index contributed by atoms with van der Waals surface area (Å²) in [6.45, 7) is 4.09. The van der Waals surface area contributed by atoms with Gasteiger partial charge in [0.05, 0.1) is 39.6 Å². The number of phosphoric acid groups is 1. The van der Waals surface area contributed by atoms with E-state index >= 15 is 0 Å². The summed E-state index contributed by atoms with van der Waals surface area (Å²) in [5, 5.41) is 27.3. The molecule has 3 N–H and O–H groups in total. The van der Waals surface area contributed by atoms with Gasteiger partial charge in [-0.25, -0.2) is 9.36 Å². The van der Waals surface area contributed by atoms with Crippen molar-refractivity contribution >= 4 is 13.8 Å². The van der Waals surface area contributed by atoms with E-state index in [4.69, 9.17) is 32.9 Å². The van der Waals surface area contributed by atoms with Crippen LogP contribution in [0.4, 0.5) is 0 Å². The van der Waals surface area contributed by atoms with Crippen LogP contribution in [0.25, 0.3) is 0 Å². The second-order valence-corrected chi connectivity index (χ2v) is 7.91. The highest BCUT2D eigenvalue weighted by Crippen LogP contribution is 2.49. The van der Waals surface area contributed by atoms with Crippen LogP contribution in [0.2, 0.25) is 0 Å². The lowest BCUT2D eigenvalue weighted by Crippen LogP contribution is -2.38. The van der Waals surface area contributed by atoms with Gasteiger partial charge in [-0.2, -0.15) is 0 Å². The molecule has 2 unspecified atom stereocenters. The number of carbonyl (C=O) groups excluding carboxylic acids is 1. The number of unbranched alkanes of at least 4 members (excludes halogenated alkanes) is 2. The third kappa shape index (κ3) is 15.2. The number of hydrogen-bond acceptors (Lipinski definition) is 11. The van der Waals surface area contributed by atoms with Crippen molar-refractivity contribution < 1.29 is 52.5 Å². The zero-order valence-corrected chi connectivity index (χ0v) is 18.8. The molecule has 0 aliphatic rings. The average Bonchev–Trinajstić information content (AvgIpc) is 2.75. The molecule has 0 bridgehead atoms. The summed E-state index contributed by atoms with van der Waals surface area (Å²) < 4.78 is 43.6. The summed E-state index contributed by atoms with van der Waals surface area (Å²) in [4.78, 5) is 11.5. The second-order valence-electron chi connectivity index (χ2n) is 6.24. The van der Waals surface area contributed by atoms with Crippen molar-refractivity contribution in [2.45, 2.75) is 51.7 Å². The molecule has 0 aliphatic heterocycles. The van der Waals surface area contributed by atoms with Gasteiger partial charge in [-0.3, -0.25) is 13.6 Å². The molecule has 0 saturated heterocycles. The molecule has 12 heteroatoms. The average molecular weight is 460 g/mol. The fraction of sp³-hybridized carbons (Fsp3) is 0.944. The number of ether oxygens (including phenoxy) is 3. The first-order valence-corrected chi connectivity index (χ1v) is 11.7. The van der Waals surface area contributed by atoms with Gasteiger partial charge in [0.25, 0.3) is 0 Å². The fourth-order valence-corrected chi connectivity index (χ4v) is 2.98. The molecule has 0 heterocycles. The van der Waals surface area contributed by atoms with Crippen LogP contribution >= 0.6 is 7.82 Å². The van der Waals surface area contributed by atoms with Crippen LogP contribution < -0.4 is 0 Å². The zero-order valence-electron chi connectivity index (χ0n) is 17.9. The van der Waals surface area contributed by atoms with Crippen molar-refractivity contribution in [3.8, 4) is 0 Å². The maximum atomic E-state index is 12.7. The molecule has 11 nitrogen and oxygen atoms in total. The SMILES string of the molecule is CCCCOCCOP(=O)(OCCOCCCC)OCCOC(=O)C(O)C(O)CO. The van der Waals surface area contributed by atoms with Crippen LogP contribution in [-0.4, -0.2) is 93.0 Å². The molecule has 0 aromatic carbocycles. The normalized spacial score (nSPS) is 13.9. The molecule has 0 amide bonds. The number of carbonyl (C=O) groups is 1. The lowest BCUT2D eigenvalue weighted by atomic mass is 10.2. The minimum absolute atomic E-state index is 0.0150. The van der Waals surface area contributed by atoms with E-state index in [0.717, 1.165) is 25.7 Å². The van der Waals surface area contributed by atoms with Crippen molar-refractivity contribution in [2.24, 2.45) is 0 Å². The van der Waals surface area contributed by atoms with Gasteiger partial charge in [-0.1, -0.05) is 26.7 Å². The molecule has 180 valence electrons. The molecule has 2 atom stereocenters. The summed E-state index contributed by atoms with van der Waals surface area (Å²) >= 11 is 0. The molecule has 0 saturated carbocycles. The highest BCUT2D eigenvalue weighted by molar-refractivity contribution is 7.48. The van der Waals surface area contributed by atoms with Gasteiger partial charge in [0.15, 0.2) is 6.10 Å². The van der Waals surface area contributed by atoms with Crippen molar-refractivity contribution in [1.82, 2.24) is 0 Å². The zero-order chi connectivity index (χ0) is 22.7. The highest BCUT2D eigenvalue weighted by atomic mass is 31.2. The molecule has 0 rings (SSSR count). The molecule has 30 heavy (non-hydrogen) atoms. The molecule has 0 radical (unpaired) electrons. The highest BCUT2D eigenvalue weighted by Gasteiger charge is 2.28. The third-order valence-electron chi connectivity index (χ3n) is 3.61. The summed E-state index contributed by atoms with van der Waals surface area (Å²) in [5.74, 6) is -1.15. The topological polar surface area (TPSA) is 150 Å². The monoisotopic (exact) mass is 460 g/mol. The standard InChI is InChI=1S/C18H37O11P/c1-3-5-7-24-9-12-27-30(23,28-13-10-25-8-6-4-2)29-14-11-26-18(22)17(21)16(20)15-19/h16-17,19-21H,3-15H2,1-2H3. The Morgan fingerprint density at radius 2 is 1.27 bits per heavy atom. The largest absolute Gasteiger partial charge is 0.475 e. The maximum Gasteiger partial charge on any atom is 0.475 e. The molecule has 0 spiro atoms. The molecular weight excluding hydrogens is 423 g/mol. The Kier molecular flexibility index (Phi) is 18.7. The van der Waals surface area contributed by atoms with Crippen molar-refractivity contribution in [2.75, 3.05) is 59.5 Å². The number of rotatable bonds is 21. The third-order valence-corrected chi connectivity index (χ3v) is 5.11. The Morgan fingerprint density at radius 3 is 1.70 bits per heavy atom. The first-order valence-electron chi connectivity index (χ1n) is 10.2. The van der Waals surface area contributed by atoms with Gasteiger partial charge in [-0.05, 0) is 12.8 Å². The Hall–Kier alpha value is -0.620. The Labute approximate surface area is 178 Å². The lowest BCUT2D eigenvalue weighted by Gasteiger charge is -2.19.